The number of benzene rings is 1. The first-order valence-electron chi connectivity index (χ1n) is 4.50. The summed E-state index contributed by atoms with van der Waals surface area (Å²) in [6, 6.07) is 2.58. The van der Waals surface area contributed by atoms with Crippen LogP contribution in [0.2, 0.25) is 0 Å². The number of anilines is 2. The molecule has 0 radical (unpaired) electrons. The van der Waals surface area contributed by atoms with Crippen molar-refractivity contribution in [2.75, 3.05) is 5.32 Å². The van der Waals surface area contributed by atoms with Crippen molar-refractivity contribution in [3.63, 3.8) is 0 Å². The van der Waals surface area contributed by atoms with Crippen molar-refractivity contribution in [2.24, 2.45) is 0 Å². The average Bonchev–Trinajstić information content (AvgIpc) is 2.72. The summed E-state index contributed by atoms with van der Waals surface area (Å²) < 4.78 is 55.0. The first kappa shape index (κ1) is 11.4. The maximum atomic E-state index is 13.0. The minimum Gasteiger partial charge on any atom is -0.432 e. The number of aromatic nitrogens is 1. The second-order valence-electron chi connectivity index (χ2n) is 3.15. The number of halogens is 4. The highest BCUT2D eigenvalue weighted by Crippen LogP contribution is 2.33. The summed E-state index contributed by atoms with van der Waals surface area (Å²) in [6.07, 6.45) is -2.15. The number of hydrogen-bond acceptors (Lipinski definition) is 3. The van der Waals surface area contributed by atoms with E-state index in [2.05, 4.69) is 10.3 Å². The van der Waals surface area contributed by atoms with Crippen LogP contribution in [0.3, 0.4) is 0 Å². The van der Waals surface area contributed by atoms with Gasteiger partial charge in [-0.05, 0) is 18.2 Å². The molecule has 1 aromatic heterocycles. The SMILES string of the molecule is Fc1ccc(Nc2ncco2)cc1C(F)(F)F. The molecule has 1 N–H and O–H groups in total. The van der Waals surface area contributed by atoms with Crippen LogP contribution in [0.1, 0.15) is 5.56 Å². The minimum atomic E-state index is -4.74. The largest absolute Gasteiger partial charge is 0.432 e. The fourth-order valence-corrected chi connectivity index (χ4v) is 1.23. The van der Waals surface area contributed by atoms with Gasteiger partial charge in [0.05, 0.1) is 11.8 Å². The molecule has 2 aromatic rings. The third kappa shape index (κ3) is 2.55. The fraction of sp³-hybridized carbons (Fsp3) is 0.100. The average molecular weight is 246 g/mol. The molecule has 90 valence electrons. The lowest BCUT2D eigenvalue weighted by Crippen LogP contribution is -2.08. The van der Waals surface area contributed by atoms with Crippen LogP contribution in [-0.4, -0.2) is 4.98 Å². The number of oxazole rings is 1. The van der Waals surface area contributed by atoms with Crippen molar-refractivity contribution in [3.05, 3.63) is 42.0 Å². The van der Waals surface area contributed by atoms with E-state index in [-0.39, 0.29) is 11.7 Å². The third-order valence-corrected chi connectivity index (χ3v) is 1.96. The predicted octanol–water partition coefficient (Wildman–Crippen LogP) is 3.58. The molecule has 0 amide bonds. The highest BCUT2D eigenvalue weighted by atomic mass is 19.4. The molecule has 2 rings (SSSR count). The second kappa shape index (κ2) is 4.08. The first-order valence-corrected chi connectivity index (χ1v) is 4.50. The first-order chi connectivity index (χ1) is 7.97. The number of alkyl halides is 3. The van der Waals surface area contributed by atoms with E-state index < -0.39 is 17.6 Å². The van der Waals surface area contributed by atoms with Crippen LogP contribution in [0.15, 0.2) is 35.1 Å². The molecule has 3 nitrogen and oxygen atoms in total. The van der Waals surface area contributed by atoms with Crippen molar-refractivity contribution in [1.82, 2.24) is 4.98 Å². The molecule has 0 atom stereocenters. The van der Waals surface area contributed by atoms with Gasteiger partial charge in [-0.25, -0.2) is 9.37 Å². The molecule has 7 heteroatoms. The van der Waals surface area contributed by atoms with E-state index in [4.69, 9.17) is 4.42 Å². The van der Waals surface area contributed by atoms with Gasteiger partial charge >= 0.3 is 6.18 Å². The zero-order valence-corrected chi connectivity index (χ0v) is 8.25. The zero-order chi connectivity index (χ0) is 12.5. The molecule has 0 aliphatic rings. The standard InChI is InChI=1S/C10H6F4N2O/c11-8-2-1-6(5-7(8)10(12,13)14)16-9-15-3-4-17-9/h1-5H,(H,15,16). The van der Waals surface area contributed by atoms with E-state index in [0.29, 0.717) is 6.07 Å². The lowest BCUT2D eigenvalue weighted by Gasteiger charge is -2.09. The Kier molecular flexibility index (Phi) is 2.74. The van der Waals surface area contributed by atoms with E-state index in [0.717, 1.165) is 12.1 Å². The van der Waals surface area contributed by atoms with Gasteiger partial charge in [0, 0.05) is 5.69 Å². The van der Waals surface area contributed by atoms with Crippen molar-refractivity contribution in [2.45, 2.75) is 6.18 Å². The van der Waals surface area contributed by atoms with Gasteiger partial charge in [-0.2, -0.15) is 13.2 Å². The number of nitrogens with zero attached hydrogens (tertiary/aromatic N) is 1. The molecule has 0 bridgehead atoms. The van der Waals surface area contributed by atoms with Gasteiger partial charge in [-0.3, -0.25) is 0 Å². The number of hydrogen-bond donors (Lipinski definition) is 1. The molecule has 0 unspecified atom stereocenters. The van der Waals surface area contributed by atoms with Crippen molar-refractivity contribution in [3.8, 4) is 0 Å². The van der Waals surface area contributed by atoms with Crippen LogP contribution in [0.4, 0.5) is 29.3 Å². The Labute approximate surface area is 93.1 Å². The normalized spacial score (nSPS) is 11.5. The topological polar surface area (TPSA) is 38.1 Å². The quantitative estimate of drug-likeness (QED) is 0.823. The van der Waals surface area contributed by atoms with Crippen molar-refractivity contribution < 1.29 is 22.0 Å². The Morgan fingerprint density at radius 3 is 2.59 bits per heavy atom. The third-order valence-electron chi connectivity index (χ3n) is 1.96. The Morgan fingerprint density at radius 1 is 1.24 bits per heavy atom. The van der Waals surface area contributed by atoms with Crippen LogP contribution in [-0.2, 0) is 6.18 Å². The van der Waals surface area contributed by atoms with Gasteiger partial charge in [-0.15, -0.1) is 0 Å². The van der Waals surface area contributed by atoms with Crippen LogP contribution in [0.25, 0.3) is 0 Å². The van der Waals surface area contributed by atoms with Crippen molar-refractivity contribution in [1.29, 1.82) is 0 Å². The lowest BCUT2D eigenvalue weighted by molar-refractivity contribution is -0.139. The predicted molar refractivity (Wildman–Crippen MR) is 51.2 cm³/mol. The molecule has 0 spiro atoms. The number of nitrogens with one attached hydrogen (secondary N) is 1. The molecule has 0 fully saturated rings. The van der Waals surface area contributed by atoms with Gasteiger partial charge in [-0.1, -0.05) is 0 Å². The molecule has 0 saturated heterocycles. The summed E-state index contributed by atoms with van der Waals surface area (Å²) in [5.41, 5.74) is -1.30. The molecule has 0 saturated carbocycles. The Hall–Kier alpha value is -2.05. The van der Waals surface area contributed by atoms with Crippen LogP contribution >= 0.6 is 0 Å². The Bertz CT molecular complexity index is 508. The molecule has 1 aromatic carbocycles. The van der Waals surface area contributed by atoms with Crippen molar-refractivity contribution >= 4 is 11.7 Å². The van der Waals surface area contributed by atoms with Crippen LogP contribution in [0, 0.1) is 5.82 Å². The molecule has 0 aliphatic heterocycles. The Morgan fingerprint density at radius 2 is 2.00 bits per heavy atom. The van der Waals surface area contributed by atoms with E-state index in [1.807, 2.05) is 0 Å². The highest BCUT2D eigenvalue weighted by Gasteiger charge is 2.34. The zero-order valence-electron chi connectivity index (χ0n) is 8.25. The summed E-state index contributed by atoms with van der Waals surface area (Å²) in [6.45, 7) is 0. The maximum absolute atomic E-state index is 13.0. The molecule has 0 aliphatic carbocycles. The van der Waals surface area contributed by atoms with Gasteiger partial charge in [0.1, 0.15) is 12.1 Å². The highest BCUT2D eigenvalue weighted by molar-refractivity contribution is 5.53. The van der Waals surface area contributed by atoms with Gasteiger partial charge in [0.15, 0.2) is 0 Å². The maximum Gasteiger partial charge on any atom is 0.419 e. The smallest absolute Gasteiger partial charge is 0.419 e. The lowest BCUT2D eigenvalue weighted by atomic mass is 10.2. The summed E-state index contributed by atoms with van der Waals surface area (Å²) in [7, 11) is 0. The summed E-state index contributed by atoms with van der Waals surface area (Å²) >= 11 is 0. The summed E-state index contributed by atoms with van der Waals surface area (Å²) in [5.74, 6) is -1.32. The van der Waals surface area contributed by atoms with Gasteiger partial charge in [0.25, 0.3) is 6.01 Å². The molecule has 1 heterocycles. The monoisotopic (exact) mass is 246 g/mol. The van der Waals surface area contributed by atoms with E-state index >= 15 is 0 Å². The Balaban J connectivity index is 2.31. The van der Waals surface area contributed by atoms with Gasteiger partial charge < -0.3 is 9.73 Å². The minimum absolute atomic E-state index is 0.0322. The molecular weight excluding hydrogens is 240 g/mol. The molecule has 17 heavy (non-hydrogen) atoms. The van der Waals surface area contributed by atoms with E-state index in [1.54, 1.807) is 0 Å². The fourth-order valence-electron chi connectivity index (χ4n) is 1.23. The molecular formula is C10H6F4N2O. The van der Waals surface area contributed by atoms with Crippen LogP contribution in [0.5, 0.6) is 0 Å². The summed E-state index contributed by atoms with van der Waals surface area (Å²) in [4.78, 5) is 3.67. The second-order valence-corrected chi connectivity index (χ2v) is 3.15. The van der Waals surface area contributed by atoms with E-state index in [1.165, 1.54) is 12.5 Å². The summed E-state index contributed by atoms with van der Waals surface area (Å²) in [5, 5.41) is 2.48. The number of rotatable bonds is 2. The van der Waals surface area contributed by atoms with Crippen LogP contribution < -0.4 is 5.32 Å². The van der Waals surface area contributed by atoms with Gasteiger partial charge in [0.2, 0.25) is 0 Å². The van der Waals surface area contributed by atoms with E-state index in [9.17, 15) is 17.6 Å².